The molecule has 134 valence electrons. The fourth-order valence-electron chi connectivity index (χ4n) is 4.24. The van der Waals surface area contributed by atoms with Crippen molar-refractivity contribution >= 4 is 5.91 Å². The molecule has 0 atom stereocenters. The molecule has 25 heavy (non-hydrogen) atoms. The third-order valence-corrected chi connectivity index (χ3v) is 6.06. The molecule has 7 nitrogen and oxygen atoms in total. The molecule has 2 aliphatic heterocycles. The number of likely N-dealkylation sites (tertiary alicyclic amines) is 2. The van der Waals surface area contributed by atoms with Crippen molar-refractivity contribution in [2.45, 2.75) is 26.2 Å². The number of carbonyl (C=O) groups excluding carboxylic acids is 1. The molecular formula is C18H26N6O. The monoisotopic (exact) mass is 342 g/mol. The van der Waals surface area contributed by atoms with E-state index in [-0.39, 0.29) is 5.91 Å². The molecule has 0 radical (unpaired) electrons. The van der Waals surface area contributed by atoms with Crippen molar-refractivity contribution in [1.29, 1.82) is 0 Å². The zero-order valence-electron chi connectivity index (χ0n) is 15.2. The van der Waals surface area contributed by atoms with Crippen LogP contribution in [0.5, 0.6) is 0 Å². The van der Waals surface area contributed by atoms with Crippen LogP contribution in [0.3, 0.4) is 0 Å². The highest BCUT2D eigenvalue weighted by molar-refractivity contribution is 5.93. The zero-order valence-corrected chi connectivity index (χ0v) is 15.2. The van der Waals surface area contributed by atoms with Gasteiger partial charge in [0.05, 0.1) is 11.9 Å². The Morgan fingerprint density at radius 1 is 1.20 bits per heavy atom. The second-order valence-electron chi connectivity index (χ2n) is 7.71. The normalized spacial score (nSPS) is 20.5. The van der Waals surface area contributed by atoms with Crippen molar-refractivity contribution in [3.8, 4) is 11.3 Å². The summed E-state index contributed by atoms with van der Waals surface area (Å²) in [7, 11) is 4.10. The van der Waals surface area contributed by atoms with Crippen molar-refractivity contribution < 1.29 is 4.79 Å². The molecule has 2 aromatic rings. The van der Waals surface area contributed by atoms with E-state index in [0.29, 0.717) is 11.1 Å². The van der Waals surface area contributed by atoms with Crippen LogP contribution < -0.4 is 0 Å². The van der Waals surface area contributed by atoms with E-state index in [1.807, 2.05) is 29.6 Å². The van der Waals surface area contributed by atoms with Crippen molar-refractivity contribution in [1.82, 2.24) is 29.8 Å². The van der Waals surface area contributed by atoms with Crippen LogP contribution in [0.25, 0.3) is 11.3 Å². The van der Waals surface area contributed by atoms with Gasteiger partial charge in [-0.05, 0) is 51.3 Å². The van der Waals surface area contributed by atoms with Gasteiger partial charge in [0.2, 0.25) is 0 Å². The largest absolute Gasteiger partial charge is 0.337 e. The van der Waals surface area contributed by atoms with Gasteiger partial charge in [0.25, 0.3) is 5.91 Å². The maximum atomic E-state index is 12.8. The molecule has 2 fully saturated rings. The molecule has 0 saturated carbocycles. The SMILES string of the molecule is Cc1c(-c2cc(C(=O)N3CCC4(CCN(C)C4)CC3)[nH]n2)cnn1C. The van der Waals surface area contributed by atoms with Gasteiger partial charge >= 0.3 is 0 Å². The molecule has 1 amide bonds. The van der Waals surface area contributed by atoms with E-state index < -0.39 is 0 Å². The quantitative estimate of drug-likeness (QED) is 0.901. The molecule has 1 spiro atoms. The van der Waals surface area contributed by atoms with Gasteiger partial charge in [0.1, 0.15) is 5.69 Å². The predicted octanol–water partition coefficient (Wildman–Crippen LogP) is 1.68. The lowest BCUT2D eigenvalue weighted by Gasteiger charge is -2.39. The molecule has 0 unspecified atom stereocenters. The summed E-state index contributed by atoms with van der Waals surface area (Å²) in [5.41, 5.74) is 3.77. The molecule has 2 aromatic heterocycles. The standard InChI is InChI=1S/C18H26N6O/c1-13-14(11-19-23(13)3)15-10-16(21-20-15)17(25)24-8-5-18(6-9-24)4-7-22(2)12-18/h10-11H,4-9,12H2,1-3H3,(H,20,21). The van der Waals surface area contributed by atoms with E-state index in [1.54, 1.807) is 6.20 Å². The zero-order chi connectivity index (χ0) is 17.6. The first-order valence-corrected chi connectivity index (χ1v) is 9.00. The Bertz CT molecular complexity index is 783. The number of nitrogens with zero attached hydrogens (tertiary/aromatic N) is 5. The molecule has 4 heterocycles. The van der Waals surface area contributed by atoms with Crippen molar-refractivity contribution in [2.24, 2.45) is 12.5 Å². The Kier molecular flexibility index (Phi) is 3.91. The first-order chi connectivity index (χ1) is 12.0. The Labute approximate surface area is 148 Å². The first-order valence-electron chi connectivity index (χ1n) is 9.00. The smallest absolute Gasteiger partial charge is 0.271 e. The maximum absolute atomic E-state index is 12.8. The number of rotatable bonds is 2. The lowest BCUT2D eigenvalue weighted by atomic mass is 9.78. The fourth-order valence-corrected chi connectivity index (χ4v) is 4.24. The highest BCUT2D eigenvalue weighted by atomic mass is 16.2. The van der Waals surface area contributed by atoms with Crippen LogP contribution in [0.1, 0.15) is 35.4 Å². The summed E-state index contributed by atoms with van der Waals surface area (Å²) in [6.07, 6.45) is 5.26. The summed E-state index contributed by atoms with van der Waals surface area (Å²) in [6, 6.07) is 1.85. The van der Waals surface area contributed by atoms with Crippen LogP contribution in [-0.2, 0) is 7.05 Å². The van der Waals surface area contributed by atoms with Crippen LogP contribution >= 0.6 is 0 Å². The van der Waals surface area contributed by atoms with Gasteiger partial charge in [0, 0.05) is 37.9 Å². The average Bonchev–Trinajstić information content (AvgIpc) is 3.30. The van der Waals surface area contributed by atoms with Crippen molar-refractivity contribution in [3.05, 3.63) is 23.7 Å². The summed E-state index contributed by atoms with van der Waals surface area (Å²) in [5, 5.41) is 11.5. The number of piperidine rings is 1. The van der Waals surface area contributed by atoms with Crippen molar-refractivity contribution in [3.63, 3.8) is 0 Å². The third-order valence-electron chi connectivity index (χ3n) is 6.06. The van der Waals surface area contributed by atoms with Crippen LogP contribution in [0.2, 0.25) is 0 Å². The molecule has 4 rings (SSSR count). The van der Waals surface area contributed by atoms with Crippen LogP contribution in [-0.4, -0.2) is 68.9 Å². The molecule has 7 heteroatoms. The second-order valence-corrected chi connectivity index (χ2v) is 7.71. The summed E-state index contributed by atoms with van der Waals surface area (Å²) in [4.78, 5) is 17.2. The Morgan fingerprint density at radius 2 is 1.92 bits per heavy atom. The second kappa shape index (κ2) is 5.98. The predicted molar refractivity (Wildman–Crippen MR) is 95.2 cm³/mol. The fraction of sp³-hybridized carbons (Fsp3) is 0.611. The van der Waals surface area contributed by atoms with Crippen LogP contribution in [0.4, 0.5) is 0 Å². The summed E-state index contributed by atoms with van der Waals surface area (Å²) in [6.45, 7) is 6.03. The van der Waals surface area contributed by atoms with E-state index in [2.05, 4.69) is 27.2 Å². The molecule has 0 aromatic carbocycles. The number of nitrogens with one attached hydrogen (secondary N) is 1. The minimum atomic E-state index is 0.0569. The van der Waals surface area contributed by atoms with E-state index in [0.717, 1.165) is 42.9 Å². The summed E-state index contributed by atoms with van der Waals surface area (Å²) >= 11 is 0. The summed E-state index contributed by atoms with van der Waals surface area (Å²) in [5.74, 6) is 0.0569. The molecule has 2 saturated heterocycles. The highest BCUT2D eigenvalue weighted by Gasteiger charge is 2.40. The van der Waals surface area contributed by atoms with Crippen molar-refractivity contribution in [2.75, 3.05) is 33.2 Å². The van der Waals surface area contributed by atoms with Gasteiger partial charge in [-0.3, -0.25) is 14.6 Å². The molecule has 0 aliphatic carbocycles. The van der Waals surface area contributed by atoms with Gasteiger partial charge < -0.3 is 9.80 Å². The molecule has 0 bridgehead atoms. The topological polar surface area (TPSA) is 70.1 Å². The number of aromatic amines is 1. The van der Waals surface area contributed by atoms with Gasteiger partial charge in [0.15, 0.2) is 0 Å². The van der Waals surface area contributed by atoms with Crippen LogP contribution in [0.15, 0.2) is 12.3 Å². The maximum Gasteiger partial charge on any atom is 0.271 e. The average molecular weight is 342 g/mol. The van der Waals surface area contributed by atoms with Gasteiger partial charge in [-0.2, -0.15) is 10.2 Å². The Hall–Kier alpha value is -2.15. The number of amides is 1. The summed E-state index contributed by atoms with van der Waals surface area (Å²) < 4.78 is 1.81. The van der Waals surface area contributed by atoms with Gasteiger partial charge in [-0.15, -0.1) is 0 Å². The molecule has 2 aliphatic rings. The number of aryl methyl sites for hydroxylation is 1. The van der Waals surface area contributed by atoms with E-state index in [9.17, 15) is 4.79 Å². The van der Waals surface area contributed by atoms with Gasteiger partial charge in [-0.25, -0.2) is 0 Å². The highest BCUT2D eigenvalue weighted by Crippen LogP contribution is 2.40. The first kappa shape index (κ1) is 16.3. The van der Waals surface area contributed by atoms with Crippen LogP contribution in [0, 0.1) is 12.3 Å². The van der Waals surface area contributed by atoms with E-state index in [4.69, 9.17) is 0 Å². The number of hydrogen-bond donors (Lipinski definition) is 1. The molecule has 1 N–H and O–H groups in total. The van der Waals surface area contributed by atoms with Gasteiger partial charge in [-0.1, -0.05) is 0 Å². The lowest BCUT2D eigenvalue weighted by Crippen LogP contribution is -2.44. The third kappa shape index (κ3) is 2.86. The number of hydrogen-bond acceptors (Lipinski definition) is 4. The minimum Gasteiger partial charge on any atom is -0.337 e. The van der Waals surface area contributed by atoms with E-state index in [1.165, 1.54) is 19.5 Å². The minimum absolute atomic E-state index is 0.0569. The molecular weight excluding hydrogens is 316 g/mol. The lowest BCUT2D eigenvalue weighted by molar-refractivity contribution is 0.0588. The number of aromatic nitrogens is 4. The Morgan fingerprint density at radius 3 is 2.52 bits per heavy atom. The number of carbonyl (C=O) groups is 1. The van der Waals surface area contributed by atoms with E-state index >= 15 is 0 Å². The number of H-pyrrole nitrogens is 1. The Balaban J connectivity index is 1.45.